The van der Waals surface area contributed by atoms with Crippen molar-refractivity contribution in [3.63, 3.8) is 0 Å². The van der Waals surface area contributed by atoms with E-state index >= 15 is 0 Å². The Bertz CT molecular complexity index is 2690. The third-order valence-electron chi connectivity index (χ3n) is 9.04. The monoisotopic (exact) mass is 588 g/mol. The van der Waals surface area contributed by atoms with Crippen LogP contribution in [0.25, 0.3) is 94.4 Å². The molecule has 10 aromatic rings. The minimum Gasteiger partial charge on any atom is -0.455 e. The van der Waals surface area contributed by atoms with Gasteiger partial charge in [-0.1, -0.05) is 127 Å². The maximum absolute atomic E-state index is 6.48. The number of hydrogen-bond acceptors (Lipinski definition) is 4. The number of aromatic nitrogens is 4. The molecule has 10 rings (SSSR count). The molecule has 0 radical (unpaired) electrons. The lowest BCUT2D eigenvalue weighted by molar-refractivity contribution is 0.670. The topological polar surface area (TPSA) is 56.7 Å². The van der Waals surface area contributed by atoms with Crippen LogP contribution in [0.4, 0.5) is 0 Å². The van der Waals surface area contributed by atoms with Crippen molar-refractivity contribution in [3.8, 4) is 39.9 Å². The normalized spacial score (nSPS) is 11.9. The second-order valence-electron chi connectivity index (χ2n) is 11.6. The van der Waals surface area contributed by atoms with E-state index in [1.807, 2.05) is 72.8 Å². The summed E-state index contributed by atoms with van der Waals surface area (Å²) in [7, 11) is 0. The van der Waals surface area contributed by atoms with Crippen molar-refractivity contribution in [1.29, 1.82) is 0 Å². The molecular formula is C41H24N4O. The second kappa shape index (κ2) is 9.58. The van der Waals surface area contributed by atoms with Crippen molar-refractivity contribution in [2.45, 2.75) is 0 Å². The van der Waals surface area contributed by atoms with Crippen LogP contribution in [0, 0.1) is 0 Å². The van der Waals surface area contributed by atoms with Crippen LogP contribution in [0.5, 0.6) is 0 Å². The zero-order valence-corrected chi connectivity index (χ0v) is 24.6. The summed E-state index contributed by atoms with van der Waals surface area (Å²) < 4.78 is 8.67. The molecule has 3 heterocycles. The molecule has 0 fully saturated rings. The summed E-state index contributed by atoms with van der Waals surface area (Å²) in [6.07, 6.45) is 0. The number of rotatable bonds is 4. The van der Waals surface area contributed by atoms with E-state index < -0.39 is 0 Å². The SMILES string of the molecule is c1ccc(-c2nc(-c3ccccc3)nc(-n3c4cccc5ccc6c(-c7cccc8c7oc7ccccc78)ccc3c6c54)n2)cc1. The number of hydrogen-bond donors (Lipinski definition) is 0. The molecular weight excluding hydrogens is 564 g/mol. The summed E-state index contributed by atoms with van der Waals surface area (Å²) in [6.45, 7) is 0. The Kier molecular flexibility index (Phi) is 5.22. The van der Waals surface area contributed by atoms with Crippen molar-refractivity contribution >= 4 is 54.5 Å². The van der Waals surface area contributed by atoms with Crippen LogP contribution in [0.1, 0.15) is 0 Å². The van der Waals surface area contributed by atoms with Crippen molar-refractivity contribution in [2.75, 3.05) is 0 Å². The molecule has 0 aliphatic rings. The first kappa shape index (κ1) is 25.0. The van der Waals surface area contributed by atoms with E-state index in [1.165, 1.54) is 16.2 Å². The fourth-order valence-corrected chi connectivity index (χ4v) is 7.00. The molecule has 0 aliphatic heterocycles. The van der Waals surface area contributed by atoms with Crippen LogP contribution in [0.15, 0.2) is 150 Å². The van der Waals surface area contributed by atoms with Gasteiger partial charge < -0.3 is 4.42 Å². The highest BCUT2D eigenvalue weighted by molar-refractivity contribution is 6.27. The van der Waals surface area contributed by atoms with E-state index in [4.69, 9.17) is 19.4 Å². The Hall–Kier alpha value is -6.33. The van der Waals surface area contributed by atoms with Gasteiger partial charge in [-0.15, -0.1) is 0 Å². The zero-order chi connectivity index (χ0) is 30.2. The predicted octanol–water partition coefficient (Wildman–Crippen LogP) is 10.5. The summed E-state index contributed by atoms with van der Waals surface area (Å²) >= 11 is 0. The fraction of sp³-hybridized carbons (Fsp3) is 0. The van der Waals surface area contributed by atoms with Gasteiger partial charge in [0.15, 0.2) is 11.6 Å². The second-order valence-corrected chi connectivity index (χ2v) is 11.6. The third kappa shape index (κ3) is 3.60. The van der Waals surface area contributed by atoms with E-state index in [0.29, 0.717) is 17.6 Å². The standard InChI is InChI=1S/C41H24N4O/c1-3-11-26(12-4-1)39-42-40(27-13-5-2-6-14-27)44-41(43-39)45-33-19-9-15-25-21-22-30-28(23-24-34(45)37(30)36(25)33)31-17-10-18-32-29-16-7-8-20-35(29)46-38(31)32/h1-24H. The summed E-state index contributed by atoms with van der Waals surface area (Å²) in [4.78, 5) is 15.1. The van der Waals surface area contributed by atoms with Gasteiger partial charge in [0.2, 0.25) is 5.95 Å². The molecule has 0 N–H and O–H groups in total. The predicted molar refractivity (Wildman–Crippen MR) is 186 cm³/mol. The van der Waals surface area contributed by atoms with Crippen LogP contribution in [-0.4, -0.2) is 19.5 Å². The van der Waals surface area contributed by atoms with Crippen molar-refractivity contribution in [3.05, 3.63) is 146 Å². The molecule has 3 aromatic heterocycles. The average molecular weight is 589 g/mol. The van der Waals surface area contributed by atoms with Crippen LogP contribution in [-0.2, 0) is 0 Å². The Labute approximate surface area is 263 Å². The van der Waals surface area contributed by atoms with Crippen LogP contribution in [0.2, 0.25) is 0 Å². The van der Waals surface area contributed by atoms with Crippen molar-refractivity contribution in [1.82, 2.24) is 19.5 Å². The molecule has 0 saturated carbocycles. The van der Waals surface area contributed by atoms with Gasteiger partial charge in [0.25, 0.3) is 0 Å². The van der Waals surface area contributed by atoms with Crippen molar-refractivity contribution in [2.24, 2.45) is 0 Å². The number of fused-ring (bicyclic) bond motifs is 3. The van der Waals surface area contributed by atoms with E-state index in [1.54, 1.807) is 0 Å². The maximum atomic E-state index is 6.48. The minimum atomic E-state index is 0.588. The molecule has 0 saturated heterocycles. The summed E-state index contributed by atoms with van der Waals surface area (Å²) in [5.41, 5.74) is 8.00. The summed E-state index contributed by atoms with van der Waals surface area (Å²) in [5, 5.41) is 6.96. The van der Waals surface area contributed by atoms with Gasteiger partial charge in [0.1, 0.15) is 11.2 Å². The van der Waals surface area contributed by atoms with E-state index in [-0.39, 0.29) is 0 Å². The number of nitrogens with zero attached hydrogens (tertiary/aromatic N) is 4. The number of para-hydroxylation sites is 2. The van der Waals surface area contributed by atoms with Gasteiger partial charge >= 0.3 is 0 Å². The van der Waals surface area contributed by atoms with Gasteiger partial charge in [-0.25, -0.2) is 4.98 Å². The molecule has 7 aromatic carbocycles. The highest BCUT2D eigenvalue weighted by Crippen LogP contribution is 2.44. The average Bonchev–Trinajstić information content (AvgIpc) is 3.68. The summed E-state index contributed by atoms with van der Waals surface area (Å²) in [6, 6.07) is 50.2. The Morgan fingerprint density at radius 3 is 1.89 bits per heavy atom. The Morgan fingerprint density at radius 1 is 0.435 bits per heavy atom. The van der Waals surface area contributed by atoms with Crippen LogP contribution >= 0.6 is 0 Å². The molecule has 5 nitrogen and oxygen atoms in total. The van der Waals surface area contributed by atoms with Gasteiger partial charge in [-0.2, -0.15) is 9.97 Å². The molecule has 0 amide bonds. The number of benzene rings is 7. The Balaban J connectivity index is 1.28. The molecule has 0 unspecified atom stereocenters. The highest BCUT2D eigenvalue weighted by Gasteiger charge is 2.23. The molecule has 214 valence electrons. The first-order chi connectivity index (χ1) is 22.8. The quantitative estimate of drug-likeness (QED) is 0.192. The lowest BCUT2D eigenvalue weighted by Gasteiger charge is -2.11. The fourth-order valence-electron chi connectivity index (χ4n) is 7.00. The lowest BCUT2D eigenvalue weighted by atomic mass is 9.94. The first-order valence-electron chi connectivity index (χ1n) is 15.4. The first-order valence-corrected chi connectivity index (χ1v) is 15.4. The molecule has 46 heavy (non-hydrogen) atoms. The molecule has 0 aliphatic carbocycles. The minimum absolute atomic E-state index is 0.588. The van der Waals surface area contributed by atoms with E-state index in [2.05, 4.69) is 77.4 Å². The lowest BCUT2D eigenvalue weighted by Crippen LogP contribution is -2.06. The van der Waals surface area contributed by atoms with Crippen molar-refractivity contribution < 1.29 is 4.42 Å². The molecule has 0 spiro atoms. The maximum Gasteiger partial charge on any atom is 0.238 e. The molecule has 5 heteroatoms. The third-order valence-corrected chi connectivity index (χ3v) is 9.04. The highest BCUT2D eigenvalue weighted by atomic mass is 16.3. The van der Waals surface area contributed by atoms with Gasteiger partial charge in [0, 0.05) is 38.2 Å². The van der Waals surface area contributed by atoms with Gasteiger partial charge in [-0.3, -0.25) is 4.57 Å². The molecule has 0 bridgehead atoms. The largest absolute Gasteiger partial charge is 0.455 e. The van der Waals surface area contributed by atoms with E-state index in [0.717, 1.165) is 60.6 Å². The smallest absolute Gasteiger partial charge is 0.238 e. The van der Waals surface area contributed by atoms with Gasteiger partial charge in [-0.05, 0) is 34.5 Å². The summed E-state index contributed by atoms with van der Waals surface area (Å²) in [5.74, 6) is 1.86. The number of furan rings is 1. The van der Waals surface area contributed by atoms with Crippen LogP contribution in [0.3, 0.4) is 0 Å². The zero-order valence-electron chi connectivity index (χ0n) is 24.6. The van der Waals surface area contributed by atoms with E-state index in [9.17, 15) is 0 Å². The Morgan fingerprint density at radius 2 is 1.11 bits per heavy atom. The molecule has 0 atom stereocenters. The van der Waals surface area contributed by atoms with Crippen LogP contribution < -0.4 is 0 Å². The van der Waals surface area contributed by atoms with Gasteiger partial charge in [0.05, 0.1) is 11.0 Å².